The van der Waals surface area contributed by atoms with Crippen molar-refractivity contribution in [3.05, 3.63) is 71.6 Å². The Morgan fingerprint density at radius 2 is 1.84 bits per heavy atom. The third kappa shape index (κ3) is 3.92. The number of pyridine rings is 2. The number of halogens is 3. The van der Waals surface area contributed by atoms with E-state index in [1.165, 1.54) is 17.5 Å². The van der Waals surface area contributed by atoms with Crippen molar-refractivity contribution in [1.29, 1.82) is 0 Å². The molecule has 0 aliphatic carbocycles. The molecular weight excluding hydrogens is 437 g/mol. The minimum atomic E-state index is -4.47. The van der Waals surface area contributed by atoms with Crippen LogP contribution in [0.2, 0.25) is 0 Å². The smallest absolute Gasteiger partial charge is 0.338 e. The summed E-state index contributed by atoms with van der Waals surface area (Å²) in [5, 5.41) is 5.96. The highest BCUT2D eigenvalue weighted by Gasteiger charge is 2.31. The molecule has 0 bridgehead atoms. The van der Waals surface area contributed by atoms with Crippen molar-refractivity contribution in [1.82, 2.24) is 24.9 Å². The Hall–Kier alpha value is -3.79. The summed E-state index contributed by atoms with van der Waals surface area (Å²) in [6.07, 6.45) is 1.15. The molecule has 0 saturated heterocycles. The van der Waals surface area contributed by atoms with Crippen LogP contribution >= 0.6 is 11.3 Å². The van der Waals surface area contributed by atoms with E-state index in [2.05, 4.69) is 30.2 Å². The fraction of sp³-hybridized carbons (Fsp3) is 0.0909. The van der Waals surface area contributed by atoms with Crippen LogP contribution in [0.5, 0.6) is 0 Å². The standard InChI is InChI=1S/C22H15F3N6S/c1-12-5-17-18(29-20(28-17)14-6-15(10-27-9-14)22(23,24)25)7-16(12)30-21-31-19(11-32-21)13-3-2-4-26-8-13/h2-11H,1H3,(H,28,29)(H,30,31). The Morgan fingerprint density at radius 3 is 2.62 bits per heavy atom. The molecule has 0 amide bonds. The zero-order valence-electron chi connectivity index (χ0n) is 16.6. The van der Waals surface area contributed by atoms with Crippen molar-refractivity contribution in [3.8, 4) is 22.6 Å². The number of hydrogen-bond donors (Lipinski definition) is 2. The predicted octanol–water partition coefficient (Wildman–Crippen LogP) is 6.21. The number of fused-ring (bicyclic) bond motifs is 1. The number of rotatable bonds is 4. The number of benzene rings is 1. The van der Waals surface area contributed by atoms with Crippen LogP contribution < -0.4 is 5.32 Å². The van der Waals surface area contributed by atoms with Crippen LogP contribution in [0.3, 0.4) is 0 Å². The Morgan fingerprint density at radius 1 is 1.00 bits per heavy atom. The van der Waals surface area contributed by atoms with Gasteiger partial charge in [0.1, 0.15) is 5.82 Å². The maximum Gasteiger partial charge on any atom is 0.417 e. The summed E-state index contributed by atoms with van der Waals surface area (Å²) < 4.78 is 39.1. The van der Waals surface area contributed by atoms with E-state index in [1.54, 1.807) is 12.4 Å². The molecular formula is C22H15F3N6S. The summed E-state index contributed by atoms with van der Waals surface area (Å²) in [4.78, 5) is 20.0. The average Bonchev–Trinajstić information content (AvgIpc) is 3.41. The lowest BCUT2D eigenvalue weighted by atomic mass is 10.2. The van der Waals surface area contributed by atoms with Crippen LogP contribution in [-0.2, 0) is 6.18 Å². The molecule has 5 aromatic rings. The molecule has 4 heterocycles. The molecule has 6 nitrogen and oxygen atoms in total. The van der Waals surface area contributed by atoms with Gasteiger partial charge in [-0.1, -0.05) is 0 Å². The third-order valence-corrected chi connectivity index (χ3v) is 5.63. The van der Waals surface area contributed by atoms with Crippen LogP contribution in [-0.4, -0.2) is 24.9 Å². The third-order valence-electron chi connectivity index (χ3n) is 4.87. The molecule has 0 unspecified atom stereocenters. The summed E-state index contributed by atoms with van der Waals surface area (Å²) in [5.74, 6) is 0.322. The molecule has 10 heteroatoms. The Labute approximate surface area is 184 Å². The van der Waals surface area contributed by atoms with E-state index in [4.69, 9.17) is 0 Å². The Kier molecular flexibility index (Phi) is 4.86. The summed E-state index contributed by atoms with van der Waals surface area (Å²) in [6, 6.07) is 8.57. The number of thiazole rings is 1. The van der Waals surface area contributed by atoms with Crippen LogP contribution in [0.25, 0.3) is 33.7 Å². The lowest BCUT2D eigenvalue weighted by Crippen LogP contribution is -2.05. The molecule has 32 heavy (non-hydrogen) atoms. The largest absolute Gasteiger partial charge is 0.417 e. The molecule has 2 N–H and O–H groups in total. The van der Waals surface area contributed by atoms with E-state index in [0.29, 0.717) is 16.5 Å². The monoisotopic (exact) mass is 452 g/mol. The number of H-pyrrole nitrogens is 1. The lowest BCUT2D eigenvalue weighted by molar-refractivity contribution is -0.137. The zero-order chi connectivity index (χ0) is 22.3. The van der Waals surface area contributed by atoms with Gasteiger partial charge in [0.05, 0.1) is 22.3 Å². The van der Waals surface area contributed by atoms with Crippen molar-refractivity contribution in [2.24, 2.45) is 0 Å². The molecule has 1 aromatic carbocycles. The van der Waals surface area contributed by atoms with Crippen molar-refractivity contribution in [2.45, 2.75) is 13.1 Å². The van der Waals surface area contributed by atoms with Gasteiger partial charge >= 0.3 is 6.18 Å². The number of aromatic nitrogens is 5. The van der Waals surface area contributed by atoms with E-state index < -0.39 is 11.7 Å². The number of alkyl halides is 3. The summed E-state index contributed by atoms with van der Waals surface area (Å²) in [5.41, 5.74) is 4.29. The predicted molar refractivity (Wildman–Crippen MR) is 118 cm³/mol. The highest BCUT2D eigenvalue weighted by molar-refractivity contribution is 7.14. The van der Waals surface area contributed by atoms with E-state index in [1.807, 2.05) is 36.6 Å². The molecule has 4 aromatic heterocycles. The molecule has 0 atom stereocenters. The number of nitrogens with zero attached hydrogens (tertiary/aromatic N) is 4. The second-order valence-corrected chi connectivity index (χ2v) is 7.99. The van der Waals surface area contributed by atoms with Crippen LogP contribution in [0.15, 0.2) is 60.5 Å². The van der Waals surface area contributed by atoms with Crippen molar-refractivity contribution >= 4 is 33.2 Å². The van der Waals surface area contributed by atoms with E-state index in [-0.39, 0.29) is 5.56 Å². The minimum Gasteiger partial charge on any atom is -0.338 e. The van der Waals surface area contributed by atoms with Gasteiger partial charge in [-0.3, -0.25) is 9.97 Å². The summed E-state index contributed by atoms with van der Waals surface area (Å²) in [7, 11) is 0. The first-order valence-corrected chi connectivity index (χ1v) is 10.4. The van der Waals surface area contributed by atoms with Crippen LogP contribution in [0.1, 0.15) is 11.1 Å². The molecule has 0 spiro atoms. The molecule has 5 rings (SSSR count). The fourth-order valence-electron chi connectivity index (χ4n) is 3.25. The second-order valence-electron chi connectivity index (χ2n) is 7.13. The Balaban J connectivity index is 1.45. The van der Waals surface area contributed by atoms with Gasteiger partial charge in [-0.05, 0) is 42.8 Å². The summed E-state index contributed by atoms with van der Waals surface area (Å²) in [6.45, 7) is 1.93. The molecule has 0 fully saturated rings. The SMILES string of the molecule is Cc1cc2[nH]c(-c3cncc(C(F)(F)F)c3)nc2cc1Nc1nc(-c2cccnc2)cs1. The van der Waals surface area contributed by atoms with Gasteiger partial charge in [0.2, 0.25) is 0 Å². The van der Waals surface area contributed by atoms with Crippen molar-refractivity contribution in [2.75, 3.05) is 5.32 Å². The molecule has 0 aliphatic heterocycles. The molecule has 0 saturated carbocycles. The highest BCUT2D eigenvalue weighted by atomic mass is 32.1. The Bertz CT molecular complexity index is 1410. The fourth-order valence-corrected chi connectivity index (χ4v) is 3.99. The average molecular weight is 452 g/mol. The van der Waals surface area contributed by atoms with E-state index >= 15 is 0 Å². The second kappa shape index (κ2) is 7.72. The normalized spacial score (nSPS) is 11.8. The van der Waals surface area contributed by atoms with Gasteiger partial charge in [0, 0.05) is 47.0 Å². The van der Waals surface area contributed by atoms with Gasteiger partial charge in [0.25, 0.3) is 0 Å². The van der Waals surface area contributed by atoms with E-state index in [0.717, 1.165) is 40.3 Å². The first kappa shape index (κ1) is 20.1. The number of imidazole rings is 1. The minimum absolute atomic E-state index is 0.268. The zero-order valence-corrected chi connectivity index (χ0v) is 17.4. The molecule has 0 aliphatic rings. The first-order valence-electron chi connectivity index (χ1n) is 9.53. The maximum atomic E-state index is 13.0. The highest BCUT2D eigenvalue weighted by Crippen LogP contribution is 2.33. The van der Waals surface area contributed by atoms with E-state index in [9.17, 15) is 13.2 Å². The van der Waals surface area contributed by atoms with Gasteiger partial charge in [0.15, 0.2) is 5.13 Å². The van der Waals surface area contributed by atoms with Gasteiger partial charge < -0.3 is 10.3 Å². The van der Waals surface area contributed by atoms with Crippen LogP contribution in [0.4, 0.5) is 24.0 Å². The number of hydrogen-bond acceptors (Lipinski definition) is 6. The molecule has 0 radical (unpaired) electrons. The quantitative estimate of drug-likeness (QED) is 0.339. The summed E-state index contributed by atoms with van der Waals surface area (Å²) >= 11 is 1.47. The molecule has 160 valence electrons. The first-order chi connectivity index (χ1) is 15.4. The number of nitrogens with one attached hydrogen (secondary N) is 2. The number of aryl methyl sites for hydroxylation is 1. The van der Waals surface area contributed by atoms with Crippen molar-refractivity contribution < 1.29 is 13.2 Å². The van der Waals surface area contributed by atoms with Gasteiger partial charge in [-0.15, -0.1) is 11.3 Å². The van der Waals surface area contributed by atoms with Crippen molar-refractivity contribution in [3.63, 3.8) is 0 Å². The maximum absolute atomic E-state index is 13.0. The van der Waals surface area contributed by atoms with Gasteiger partial charge in [-0.2, -0.15) is 13.2 Å². The number of anilines is 2. The topological polar surface area (TPSA) is 79.4 Å². The van der Waals surface area contributed by atoms with Crippen LogP contribution in [0, 0.1) is 6.92 Å². The lowest BCUT2D eigenvalue weighted by Gasteiger charge is -2.06. The number of aromatic amines is 1. The van der Waals surface area contributed by atoms with Gasteiger partial charge in [-0.25, -0.2) is 9.97 Å².